The van der Waals surface area contributed by atoms with Gasteiger partial charge in [0.25, 0.3) is 0 Å². The molecule has 27 heavy (non-hydrogen) atoms. The van der Waals surface area contributed by atoms with Crippen LogP contribution >= 0.6 is 0 Å². The zero-order valence-electron chi connectivity index (χ0n) is 15.7. The first-order chi connectivity index (χ1) is 13.2. The fourth-order valence-electron chi connectivity index (χ4n) is 4.12. The predicted molar refractivity (Wildman–Crippen MR) is 108 cm³/mol. The number of nitrogens with zero attached hydrogens (tertiary/aromatic N) is 4. The van der Waals surface area contributed by atoms with Gasteiger partial charge in [0.05, 0.1) is 16.7 Å². The molecular formula is C21H24N6. The molecule has 0 amide bonds. The lowest BCUT2D eigenvalue weighted by Gasteiger charge is -2.15. The Bertz CT molecular complexity index is 1100. The number of aromatic nitrogens is 4. The average Bonchev–Trinajstić information content (AvgIpc) is 3.38. The van der Waals surface area contributed by atoms with Gasteiger partial charge in [-0.3, -0.25) is 4.40 Å². The molecule has 0 saturated carbocycles. The van der Waals surface area contributed by atoms with Crippen LogP contribution in [-0.2, 0) is 6.54 Å². The molecule has 1 aliphatic heterocycles. The van der Waals surface area contributed by atoms with Gasteiger partial charge >= 0.3 is 0 Å². The molecule has 0 radical (unpaired) electrons. The normalized spacial score (nSPS) is 17.2. The predicted octanol–water partition coefficient (Wildman–Crippen LogP) is 3.12. The SMILES string of the molecule is Cc1cc2c(cc(N[C@@H]3CCNC3)c3nnc(C)n32)n1Cc1ccccc1. The molecule has 1 fully saturated rings. The summed E-state index contributed by atoms with van der Waals surface area (Å²) in [4.78, 5) is 0. The van der Waals surface area contributed by atoms with Crippen LogP contribution in [-0.4, -0.2) is 38.3 Å². The van der Waals surface area contributed by atoms with E-state index in [0.29, 0.717) is 6.04 Å². The highest BCUT2D eigenvalue weighted by Gasteiger charge is 2.20. The standard InChI is InChI=1S/C21H24N6/c1-14-10-20-19(26(14)13-16-6-4-3-5-7-16)11-18(23-17-8-9-22-12-17)21-25-24-15(2)27(20)21/h3-7,10-11,17,22-23H,8-9,12-13H2,1-2H3/t17-/m1/s1. The van der Waals surface area contributed by atoms with Crippen LogP contribution in [0.25, 0.3) is 16.7 Å². The monoisotopic (exact) mass is 360 g/mol. The van der Waals surface area contributed by atoms with Crippen molar-refractivity contribution in [2.75, 3.05) is 18.4 Å². The molecule has 0 spiro atoms. The number of fused-ring (bicyclic) bond motifs is 3. The van der Waals surface area contributed by atoms with E-state index >= 15 is 0 Å². The molecule has 138 valence electrons. The van der Waals surface area contributed by atoms with E-state index in [1.54, 1.807) is 0 Å². The molecule has 0 bridgehead atoms. The van der Waals surface area contributed by atoms with Crippen molar-refractivity contribution in [3.63, 3.8) is 0 Å². The Morgan fingerprint density at radius 1 is 1.11 bits per heavy atom. The molecule has 6 nitrogen and oxygen atoms in total. The summed E-state index contributed by atoms with van der Waals surface area (Å²) >= 11 is 0. The molecule has 2 N–H and O–H groups in total. The molecule has 1 aromatic carbocycles. The number of rotatable bonds is 4. The van der Waals surface area contributed by atoms with Crippen molar-refractivity contribution in [2.24, 2.45) is 0 Å². The third kappa shape index (κ3) is 2.77. The van der Waals surface area contributed by atoms with E-state index in [9.17, 15) is 0 Å². The van der Waals surface area contributed by atoms with E-state index < -0.39 is 0 Å². The third-order valence-corrected chi connectivity index (χ3v) is 5.52. The summed E-state index contributed by atoms with van der Waals surface area (Å²) in [6.07, 6.45) is 1.13. The Labute approximate surface area is 158 Å². The van der Waals surface area contributed by atoms with Crippen LogP contribution in [0.5, 0.6) is 0 Å². The van der Waals surface area contributed by atoms with Gasteiger partial charge in [-0.25, -0.2) is 0 Å². The maximum Gasteiger partial charge on any atom is 0.184 e. The first-order valence-electron chi connectivity index (χ1n) is 9.56. The highest BCUT2D eigenvalue weighted by atomic mass is 15.3. The minimum absolute atomic E-state index is 0.432. The van der Waals surface area contributed by atoms with Crippen molar-refractivity contribution in [1.29, 1.82) is 0 Å². The van der Waals surface area contributed by atoms with Crippen LogP contribution in [0.4, 0.5) is 5.69 Å². The molecule has 6 heteroatoms. The van der Waals surface area contributed by atoms with Gasteiger partial charge in [-0.2, -0.15) is 0 Å². The van der Waals surface area contributed by atoms with Crippen molar-refractivity contribution in [3.8, 4) is 0 Å². The van der Waals surface area contributed by atoms with Gasteiger partial charge in [0.15, 0.2) is 5.65 Å². The lowest BCUT2D eigenvalue weighted by atomic mass is 10.2. The smallest absolute Gasteiger partial charge is 0.184 e. The number of aryl methyl sites for hydroxylation is 2. The van der Waals surface area contributed by atoms with Crippen LogP contribution in [0.3, 0.4) is 0 Å². The Balaban J connectivity index is 1.68. The average molecular weight is 360 g/mol. The second kappa shape index (κ2) is 6.39. The fourth-order valence-corrected chi connectivity index (χ4v) is 4.12. The van der Waals surface area contributed by atoms with E-state index in [2.05, 4.69) is 79.2 Å². The summed E-state index contributed by atoms with van der Waals surface area (Å²) in [5, 5.41) is 15.9. The van der Waals surface area contributed by atoms with E-state index in [1.807, 2.05) is 6.92 Å². The minimum atomic E-state index is 0.432. The molecule has 4 aromatic rings. The first-order valence-corrected chi connectivity index (χ1v) is 9.56. The van der Waals surface area contributed by atoms with Crippen LogP contribution in [0.15, 0.2) is 42.5 Å². The molecule has 5 rings (SSSR count). The summed E-state index contributed by atoms with van der Waals surface area (Å²) in [7, 11) is 0. The van der Waals surface area contributed by atoms with Gasteiger partial charge in [0, 0.05) is 24.8 Å². The van der Waals surface area contributed by atoms with E-state index in [-0.39, 0.29) is 0 Å². The summed E-state index contributed by atoms with van der Waals surface area (Å²) in [6, 6.07) is 15.5. The molecule has 1 saturated heterocycles. The zero-order chi connectivity index (χ0) is 18.4. The Kier molecular flexibility index (Phi) is 3.86. The van der Waals surface area contributed by atoms with E-state index in [4.69, 9.17) is 0 Å². The Morgan fingerprint density at radius 3 is 2.74 bits per heavy atom. The van der Waals surface area contributed by atoms with Crippen LogP contribution in [0.1, 0.15) is 23.5 Å². The van der Waals surface area contributed by atoms with Gasteiger partial charge in [-0.1, -0.05) is 30.3 Å². The van der Waals surface area contributed by atoms with Gasteiger partial charge < -0.3 is 15.2 Å². The quantitative estimate of drug-likeness (QED) is 0.587. The maximum atomic E-state index is 4.45. The van der Waals surface area contributed by atoms with Crippen molar-refractivity contribution in [2.45, 2.75) is 32.9 Å². The number of benzene rings is 1. The lowest BCUT2D eigenvalue weighted by molar-refractivity contribution is 0.791. The third-order valence-electron chi connectivity index (χ3n) is 5.52. The molecular weight excluding hydrogens is 336 g/mol. The fraction of sp³-hybridized carbons (Fsp3) is 0.333. The van der Waals surface area contributed by atoms with E-state index in [1.165, 1.54) is 16.8 Å². The summed E-state index contributed by atoms with van der Waals surface area (Å²) in [6.45, 7) is 7.09. The number of nitrogens with one attached hydrogen (secondary N) is 2. The van der Waals surface area contributed by atoms with Crippen LogP contribution in [0.2, 0.25) is 0 Å². The number of pyridine rings is 1. The topological polar surface area (TPSA) is 59.2 Å². The highest BCUT2D eigenvalue weighted by Crippen LogP contribution is 2.29. The first kappa shape index (κ1) is 16.3. The molecule has 0 aliphatic carbocycles. The molecule has 3 aromatic heterocycles. The minimum Gasteiger partial charge on any atom is -0.378 e. The largest absolute Gasteiger partial charge is 0.378 e. The molecule has 0 unspecified atom stereocenters. The van der Waals surface area contributed by atoms with Gasteiger partial charge in [-0.05, 0) is 44.5 Å². The van der Waals surface area contributed by atoms with Crippen LogP contribution in [0, 0.1) is 13.8 Å². The summed E-state index contributed by atoms with van der Waals surface area (Å²) < 4.78 is 4.55. The van der Waals surface area contributed by atoms with Crippen molar-refractivity contribution in [1.82, 2.24) is 24.5 Å². The lowest BCUT2D eigenvalue weighted by Crippen LogP contribution is -2.22. The van der Waals surface area contributed by atoms with Gasteiger partial charge in [0.1, 0.15) is 5.82 Å². The van der Waals surface area contributed by atoms with Crippen molar-refractivity contribution in [3.05, 3.63) is 59.5 Å². The zero-order valence-corrected chi connectivity index (χ0v) is 15.7. The van der Waals surface area contributed by atoms with Crippen LogP contribution < -0.4 is 10.6 Å². The maximum absolute atomic E-state index is 4.45. The van der Waals surface area contributed by atoms with Crippen molar-refractivity contribution < 1.29 is 0 Å². The Morgan fingerprint density at radius 2 is 1.96 bits per heavy atom. The number of hydrogen-bond donors (Lipinski definition) is 2. The number of anilines is 1. The molecule has 1 aliphatic rings. The molecule has 4 heterocycles. The van der Waals surface area contributed by atoms with Crippen molar-refractivity contribution >= 4 is 22.4 Å². The van der Waals surface area contributed by atoms with E-state index in [0.717, 1.165) is 48.7 Å². The highest BCUT2D eigenvalue weighted by molar-refractivity contribution is 5.88. The second-order valence-electron chi connectivity index (χ2n) is 7.43. The summed E-state index contributed by atoms with van der Waals surface area (Å²) in [5.74, 6) is 0.917. The van der Waals surface area contributed by atoms with Gasteiger partial charge in [-0.15, -0.1) is 10.2 Å². The summed E-state index contributed by atoms with van der Waals surface area (Å²) in [5.41, 5.74) is 6.88. The van der Waals surface area contributed by atoms with Gasteiger partial charge in [0.2, 0.25) is 0 Å². The number of hydrogen-bond acceptors (Lipinski definition) is 4. The second-order valence-corrected chi connectivity index (χ2v) is 7.43. The Hall–Kier alpha value is -2.86. The molecule has 1 atom stereocenters.